The third-order valence-electron chi connectivity index (χ3n) is 5.36. The van der Waals surface area contributed by atoms with Gasteiger partial charge in [-0.25, -0.2) is 4.79 Å². The lowest BCUT2D eigenvalue weighted by molar-refractivity contribution is -0.118. The van der Waals surface area contributed by atoms with E-state index in [0.29, 0.717) is 13.1 Å². The first-order chi connectivity index (χ1) is 14.1. The molecule has 0 aromatic carbocycles. The summed E-state index contributed by atoms with van der Waals surface area (Å²) >= 11 is 1.36. The predicted octanol–water partition coefficient (Wildman–Crippen LogP) is 2.47. The van der Waals surface area contributed by atoms with Crippen LogP contribution in [-0.2, 0) is 30.7 Å². The summed E-state index contributed by atoms with van der Waals surface area (Å²) in [6.45, 7) is 8.11. The highest BCUT2D eigenvalue weighted by Gasteiger charge is 2.21. The second-order valence-electron chi connectivity index (χ2n) is 7.16. The predicted molar refractivity (Wildman–Crippen MR) is 114 cm³/mol. The lowest BCUT2D eigenvalue weighted by Crippen LogP contribution is -2.35. The van der Waals surface area contributed by atoms with E-state index in [4.69, 9.17) is 4.42 Å². The normalized spacial score (nSPS) is 13.5. The molecule has 29 heavy (non-hydrogen) atoms. The Labute approximate surface area is 175 Å². The zero-order chi connectivity index (χ0) is 20.6. The van der Waals surface area contributed by atoms with E-state index < -0.39 is 0 Å². The van der Waals surface area contributed by atoms with Crippen molar-refractivity contribution in [3.63, 3.8) is 0 Å². The molecular formula is C21H30N4O3S. The second-order valence-corrected chi connectivity index (χ2v) is 8.12. The van der Waals surface area contributed by atoms with Crippen LogP contribution in [0.2, 0.25) is 0 Å². The summed E-state index contributed by atoms with van der Waals surface area (Å²) in [5.74, 6) is 0.862. The number of rotatable bonds is 10. The number of carbonyl (C=O) groups excluding carboxylic acids is 1. The molecule has 0 spiro atoms. The van der Waals surface area contributed by atoms with Gasteiger partial charge in [0.05, 0.1) is 18.6 Å². The van der Waals surface area contributed by atoms with Crippen LogP contribution in [0.15, 0.2) is 32.6 Å². The van der Waals surface area contributed by atoms with Crippen LogP contribution in [0.3, 0.4) is 0 Å². The molecule has 0 saturated carbocycles. The van der Waals surface area contributed by atoms with Crippen LogP contribution in [0.4, 0.5) is 0 Å². The van der Waals surface area contributed by atoms with E-state index in [2.05, 4.69) is 29.0 Å². The second kappa shape index (κ2) is 10.6. The fraction of sp³-hybridized carbons (Fsp3) is 0.571. The van der Waals surface area contributed by atoms with Crippen molar-refractivity contribution in [1.29, 1.82) is 0 Å². The van der Waals surface area contributed by atoms with Gasteiger partial charge in [0.2, 0.25) is 5.91 Å². The number of nitrogens with one attached hydrogen (secondary N) is 1. The standard InChI is InChI=1S/C21H30N4O3S/c1-3-24(4-2)11-12-25-18-10-6-5-9-17(18)20(23-21(25)27)29-15-19(26)22-14-16-8-7-13-28-16/h7-8,13H,3-6,9-12,14-15H2,1-2H3,(H,22,26). The van der Waals surface area contributed by atoms with Gasteiger partial charge in [-0.3, -0.25) is 9.36 Å². The Balaban J connectivity index is 1.68. The first-order valence-electron chi connectivity index (χ1n) is 10.4. The Morgan fingerprint density at radius 3 is 2.83 bits per heavy atom. The maximum absolute atomic E-state index is 12.7. The Kier molecular flexibility index (Phi) is 7.94. The highest BCUT2D eigenvalue weighted by Crippen LogP contribution is 2.28. The molecule has 3 rings (SSSR count). The lowest BCUT2D eigenvalue weighted by Gasteiger charge is -2.24. The molecule has 7 nitrogen and oxygen atoms in total. The smallest absolute Gasteiger partial charge is 0.348 e. The van der Waals surface area contributed by atoms with Crippen molar-refractivity contribution in [3.05, 3.63) is 45.9 Å². The SMILES string of the molecule is CCN(CC)CCn1c2c(c(SCC(=O)NCc3ccco3)nc1=O)CCCC2. The first-order valence-corrected chi connectivity index (χ1v) is 11.4. The van der Waals surface area contributed by atoms with Gasteiger partial charge in [-0.1, -0.05) is 25.6 Å². The van der Waals surface area contributed by atoms with Crippen LogP contribution in [-0.4, -0.2) is 45.7 Å². The van der Waals surface area contributed by atoms with Gasteiger partial charge in [0.1, 0.15) is 10.8 Å². The van der Waals surface area contributed by atoms with Crippen molar-refractivity contribution in [3.8, 4) is 0 Å². The van der Waals surface area contributed by atoms with Crippen molar-refractivity contribution in [2.45, 2.75) is 57.6 Å². The molecule has 1 amide bonds. The summed E-state index contributed by atoms with van der Waals surface area (Å²) in [6.07, 6.45) is 5.60. The monoisotopic (exact) mass is 418 g/mol. The summed E-state index contributed by atoms with van der Waals surface area (Å²) in [5, 5.41) is 3.56. The summed E-state index contributed by atoms with van der Waals surface area (Å²) in [7, 11) is 0. The molecule has 0 aliphatic heterocycles. The Morgan fingerprint density at radius 1 is 1.31 bits per heavy atom. The number of hydrogen-bond donors (Lipinski definition) is 1. The number of likely N-dealkylation sites (N-methyl/N-ethyl adjacent to an activating group) is 1. The third kappa shape index (κ3) is 5.73. The summed E-state index contributed by atoms with van der Waals surface area (Å²) in [4.78, 5) is 31.6. The van der Waals surface area contributed by atoms with E-state index in [1.807, 2.05) is 10.6 Å². The highest BCUT2D eigenvalue weighted by molar-refractivity contribution is 7.99. The zero-order valence-electron chi connectivity index (χ0n) is 17.3. The van der Waals surface area contributed by atoms with Crippen molar-refractivity contribution < 1.29 is 9.21 Å². The first kappa shape index (κ1) is 21.6. The molecule has 0 atom stereocenters. The average Bonchev–Trinajstić information content (AvgIpc) is 3.26. The fourth-order valence-corrected chi connectivity index (χ4v) is 4.57. The minimum atomic E-state index is -0.198. The minimum Gasteiger partial charge on any atom is -0.467 e. The average molecular weight is 419 g/mol. The number of furan rings is 1. The van der Waals surface area contributed by atoms with Crippen molar-refractivity contribution >= 4 is 17.7 Å². The molecule has 0 saturated heterocycles. The molecule has 0 unspecified atom stereocenters. The molecule has 2 heterocycles. The molecule has 158 valence electrons. The third-order valence-corrected chi connectivity index (χ3v) is 6.38. The van der Waals surface area contributed by atoms with Gasteiger partial charge in [-0.05, 0) is 50.9 Å². The van der Waals surface area contributed by atoms with Gasteiger partial charge < -0.3 is 14.6 Å². The number of hydrogen-bond acceptors (Lipinski definition) is 6. The molecule has 2 aromatic rings. The number of thioether (sulfide) groups is 1. The largest absolute Gasteiger partial charge is 0.467 e. The topological polar surface area (TPSA) is 80.4 Å². The van der Waals surface area contributed by atoms with E-state index in [1.165, 1.54) is 11.8 Å². The van der Waals surface area contributed by atoms with Crippen LogP contribution >= 0.6 is 11.8 Å². The van der Waals surface area contributed by atoms with Crippen molar-refractivity contribution in [2.24, 2.45) is 0 Å². The van der Waals surface area contributed by atoms with E-state index in [0.717, 1.165) is 67.4 Å². The molecule has 1 aliphatic rings. The van der Waals surface area contributed by atoms with Crippen LogP contribution in [0.5, 0.6) is 0 Å². The maximum atomic E-state index is 12.7. The Morgan fingerprint density at radius 2 is 2.10 bits per heavy atom. The molecule has 0 fully saturated rings. The highest BCUT2D eigenvalue weighted by atomic mass is 32.2. The number of nitrogens with zero attached hydrogens (tertiary/aromatic N) is 3. The van der Waals surface area contributed by atoms with E-state index in [9.17, 15) is 9.59 Å². The van der Waals surface area contributed by atoms with Crippen molar-refractivity contribution in [1.82, 2.24) is 19.8 Å². The molecular weight excluding hydrogens is 388 g/mol. The molecule has 1 aliphatic carbocycles. The Hall–Kier alpha value is -2.06. The van der Waals surface area contributed by atoms with Gasteiger partial charge in [0, 0.05) is 24.3 Å². The summed E-state index contributed by atoms with van der Waals surface area (Å²) < 4.78 is 7.08. The number of carbonyl (C=O) groups is 1. The molecule has 1 N–H and O–H groups in total. The van der Waals surface area contributed by atoms with Crippen LogP contribution in [0.1, 0.15) is 43.7 Å². The van der Waals surface area contributed by atoms with E-state index in [1.54, 1.807) is 12.3 Å². The van der Waals surface area contributed by atoms with Crippen molar-refractivity contribution in [2.75, 3.05) is 25.4 Å². The van der Waals surface area contributed by atoms with Gasteiger partial charge in [-0.15, -0.1) is 0 Å². The maximum Gasteiger partial charge on any atom is 0.348 e. The molecule has 2 aromatic heterocycles. The summed E-state index contributed by atoms with van der Waals surface area (Å²) in [6, 6.07) is 3.62. The lowest BCUT2D eigenvalue weighted by atomic mass is 9.97. The van der Waals surface area contributed by atoms with Crippen LogP contribution in [0.25, 0.3) is 0 Å². The minimum absolute atomic E-state index is 0.0940. The van der Waals surface area contributed by atoms with E-state index >= 15 is 0 Å². The van der Waals surface area contributed by atoms with Gasteiger partial charge in [-0.2, -0.15) is 4.98 Å². The van der Waals surface area contributed by atoms with Gasteiger partial charge in [0.15, 0.2) is 0 Å². The van der Waals surface area contributed by atoms with Gasteiger partial charge >= 0.3 is 5.69 Å². The Bertz CT molecular complexity index is 860. The zero-order valence-corrected chi connectivity index (χ0v) is 18.1. The molecule has 0 radical (unpaired) electrons. The van der Waals surface area contributed by atoms with Crippen LogP contribution < -0.4 is 11.0 Å². The molecule has 0 bridgehead atoms. The number of fused-ring (bicyclic) bond motifs is 1. The van der Waals surface area contributed by atoms with E-state index in [-0.39, 0.29) is 17.3 Å². The number of aromatic nitrogens is 2. The molecule has 8 heteroatoms. The summed E-state index contributed by atoms with van der Waals surface area (Å²) in [5.41, 5.74) is 2.07. The number of amides is 1. The quantitative estimate of drug-likeness (QED) is 0.472. The fourth-order valence-electron chi connectivity index (χ4n) is 3.66. The van der Waals surface area contributed by atoms with Crippen LogP contribution in [0, 0.1) is 0 Å². The van der Waals surface area contributed by atoms with Gasteiger partial charge in [0.25, 0.3) is 0 Å².